The molecule has 0 saturated heterocycles. The minimum Gasteiger partial charge on any atom is -0.0654 e. The van der Waals surface area contributed by atoms with Crippen molar-refractivity contribution in [2.75, 3.05) is 0 Å². The minimum absolute atomic E-state index is 0.251. The molecule has 0 unspecified atom stereocenters. The Hall–Kier alpha value is -0.780. The van der Waals surface area contributed by atoms with E-state index in [1.54, 1.807) is 0 Å². The zero-order chi connectivity index (χ0) is 10.6. The lowest BCUT2D eigenvalue weighted by Crippen LogP contribution is -2.14. The Morgan fingerprint density at radius 2 is 2.00 bits per heavy atom. The number of benzene rings is 1. The molecule has 0 aliphatic heterocycles. The van der Waals surface area contributed by atoms with Crippen molar-refractivity contribution in [3.8, 4) is 0 Å². The summed E-state index contributed by atoms with van der Waals surface area (Å²) in [5.41, 5.74) is 3.11. The molecule has 0 aliphatic rings. The molecule has 0 spiro atoms. The molecule has 14 heavy (non-hydrogen) atoms. The van der Waals surface area contributed by atoms with Gasteiger partial charge in [-0.1, -0.05) is 52.3 Å². The van der Waals surface area contributed by atoms with Crippen molar-refractivity contribution in [1.82, 2.24) is 0 Å². The maximum absolute atomic E-state index is 3.38. The van der Waals surface area contributed by atoms with Crippen LogP contribution in [0.3, 0.4) is 0 Å². The van der Waals surface area contributed by atoms with Crippen molar-refractivity contribution < 1.29 is 0 Å². The highest BCUT2D eigenvalue weighted by molar-refractivity contribution is 5.31. The molecule has 0 atom stereocenters. The van der Waals surface area contributed by atoms with Crippen molar-refractivity contribution in [3.63, 3.8) is 0 Å². The number of unbranched alkanes of at least 4 members (excludes halogenated alkanes) is 1. The summed E-state index contributed by atoms with van der Waals surface area (Å²) in [6.45, 7) is 9.04. The first-order valence-corrected chi connectivity index (χ1v) is 5.55. The van der Waals surface area contributed by atoms with Crippen molar-refractivity contribution in [3.05, 3.63) is 35.4 Å². The van der Waals surface area contributed by atoms with Gasteiger partial charge in [0.15, 0.2) is 0 Å². The Labute approximate surface area is 88.4 Å². The summed E-state index contributed by atoms with van der Waals surface area (Å²) in [5, 5.41) is 0. The van der Waals surface area contributed by atoms with Gasteiger partial charge in [-0.3, -0.25) is 0 Å². The van der Waals surface area contributed by atoms with E-state index in [0.29, 0.717) is 0 Å². The van der Waals surface area contributed by atoms with Gasteiger partial charge in [0.1, 0.15) is 0 Å². The fraction of sp³-hybridized carbons (Fsp3) is 0.571. The predicted octanol–water partition coefficient (Wildman–Crippen LogP) is 4.13. The molecule has 0 nitrogen and oxygen atoms in total. The molecular weight excluding hydrogens is 168 g/mol. The zero-order valence-electron chi connectivity index (χ0n) is 9.85. The van der Waals surface area contributed by atoms with Gasteiger partial charge < -0.3 is 0 Å². The lowest BCUT2D eigenvalue weighted by Gasteiger charge is -2.22. The lowest BCUT2D eigenvalue weighted by atomic mass is 9.82. The standard InChI is InChI=1S/C14H21/c1-5-6-9-12-10-7-8-11-13(12)14(2,3)4/h7-8,11H,5-6,9H2,1-4H3. The van der Waals surface area contributed by atoms with Crippen molar-refractivity contribution in [2.24, 2.45) is 0 Å². The maximum atomic E-state index is 3.38. The lowest BCUT2D eigenvalue weighted by molar-refractivity contribution is 0.579. The van der Waals surface area contributed by atoms with Gasteiger partial charge in [-0.2, -0.15) is 0 Å². The van der Waals surface area contributed by atoms with Crippen LogP contribution in [-0.4, -0.2) is 0 Å². The second kappa shape index (κ2) is 4.63. The van der Waals surface area contributed by atoms with Crippen LogP contribution in [0, 0.1) is 6.07 Å². The largest absolute Gasteiger partial charge is 0.0654 e. The molecule has 0 aromatic heterocycles. The van der Waals surface area contributed by atoms with Crippen LogP contribution in [0.5, 0.6) is 0 Å². The van der Waals surface area contributed by atoms with E-state index in [1.807, 2.05) is 6.07 Å². The van der Waals surface area contributed by atoms with Gasteiger partial charge in [-0.05, 0) is 35.4 Å². The zero-order valence-corrected chi connectivity index (χ0v) is 9.85. The third kappa shape index (κ3) is 2.87. The van der Waals surface area contributed by atoms with E-state index in [2.05, 4.69) is 45.9 Å². The molecule has 0 amide bonds. The second-order valence-corrected chi connectivity index (χ2v) is 4.92. The van der Waals surface area contributed by atoms with Gasteiger partial charge in [0.05, 0.1) is 0 Å². The highest BCUT2D eigenvalue weighted by Gasteiger charge is 2.16. The van der Waals surface area contributed by atoms with Gasteiger partial charge in [0.25, 0.3) is 0 Å². The van der Waals surface area contributed by atoms with E-state index in [9.17, 15) is 0 Å². The third-order valence-electron chi connectivity index (χ3n) is 2.53. The molecule has 1 rings (SSSR count). The molecule has 1 aromatic rings. The topological polar surface area (TPSA) is 0 Å². The Bertz CT molecular complexity index is 278. The molecule has 0 bridgehead atoms. The Morgan fingerprint density at radius 1 is 1.29 bits per heavy atom. The molecule has 1 radical (unpaired) electrons. The molecule has 0 heteroatoms. The first-order chi connectivity index (χ1) is 6.55. The second-order valence-electron chi connectivity index (χ2n) is 4.92. The van der Waals surface area contributed by atoms with Gasteiger partial charge in [0, 0.05) is 0 Å². The van der Waals surface area contributed by atoms with Crippen LogP contribution in [-0.2, 0) is 11.8 Å². The van der Waals surface area contributed by atoms with Gasteiger partial charge in [0.2, 0.25) is 0 Å². The quantitative estimate of drug-likeness (QED) is 0.670. The molecule has 1 aromatic carbocycles. The first-order valence-electron chi connectivity index (χ1n) is 5.55. The number of rotatable bonds is 3. The van der Waals surface area contributed by atoms with E-state index in [1.165, 1.54) is 30.4 Å². The van der Waals surface area contributed by atoms with Crippen LogP contribution < -0.4 is 0 Å². The molecule has 0 saturated carbocycles. The van der Waals surface area contributed by atoms with Crippen LogP contribution in [0.1, 0.15) is 51.7 Å². The van der Waals surface area contributed by atoms with E-state index in [0.717, 1.165) is 0 Å². The van der Waals surface area contributed by atoms with Crippen LogP contribution in [0.15, 0.2) is 18.2 Å². The maximum Gasteiger partial charge on any atom is -0.0129 e. The summed E-state index contributed by atoms with van der Waals surface area (Å²) < 4.78 is 0. The predicted molar refractivity (Wildman–Crippen MR) is 62.6 cm³/mol. The van der Waals surface area contributed by atoms with Gasteiger partial charge in [-0.15, -0.1) is 0 Å². The summed E-state index contributed by atoms with van der Waals surface area (Å²) in [6.07, 6.45) is 3.69. The highest BCUT2D eigenvalue weighted by Crippen LogP contribution is 2.26. The Balaban J connectivity index is 2.92. The molecule has 77 valence electrons. The van der Waals surface area contributed by atoms with E-state index >= 15 is 0 Å². The Morgan fingerprint density at radius 3 is 2.57 bits per heavy atom. The smallest absolute Gasteiger partial charge is 0.0129 e. The highest BCUT2D eigenvalue weighted by atomic mass is 14.2. The summed E-state index contributed by atoms with van der Waals surface area (Å²) in [7, 11) is 0. The number of aryl methyl sites for hydroxylation is 1. The summed E-state index contributed by atoms with van der Waals surface area (Å²) >= 11 is 0. The Kier molecular flexibility index (Phi) is 3.74. The average molecular weight is 189 g/mol. The first kappa shape index (κ1) is 11.3. The van der Waals surface area contributed by atoms with Crippen molar-refractivity contribution in [2.45, 2.75) is 52.4 Å². The van der Waals surface area contributed by atoms with Crippen LogP contribution >= 0.6 is 0 Å². The molecular formula is C14H21. The summed E-state index contributed by atoms with van der Waals surface area (Å²) in [4.78, 5) is 0. The van der Waals surface area contributed by atoms with E-state index < -0.39 is 0 Å². The third-order valence-corrected chi connectivity index (χ3v) is 2.53. The average Bonchev–Trinajstić information content (AvgIpc) is 2.14. The molecule has 0 N–H and O–H groups in total. The van der Waals surface area contributed by atoms with E-state index in [4.69, 9.17) is 0 Å². The molecule has 0 aliphatic carbocycles. The summed E-state index contributed by atoms with van der Waals surface area (Å²) in [5.74, 6) is 0. The SMILES string of the molecule is CCCCc1[c]cccc1C(C)(C)C. The number of hydrogen-bond donors (Lipinski definition) is 0. The van der Waals surface area contributed by atoms with Crippen LogP contribution in [0.25, 0.3) is 0 Å². The van der Waals surface area contributed by atoms with Gasteiger partial charge in [-0.25, -0.2) is 0 Å². The van der Waals surface area contributed by atoms with Crippen LogP contribution in [0.2, 0.25) is 0 Å². The fourth-order valence-electron chi connectivity index (χ4n) is 1.73. The minimum atomic E-state index is 0.251. The number of hydrogen-bond acceptors (Lipinski definition) is 0. The van der Waals surface area contributed by atoms with E-state index in [-0.39, 0.29) is 5.41 Å². The van der Waals surface area contributed by atoms with Gasteiger partial charge >= 0.3 is 0 Å². The van der Waals surface area contributed by atoms with Crippen LogP contribution in [0.4, 0.5) is 0 Å². The monoisotopic (exact) mass is 189 g/mol. The fourth-order valence-corrected chi connectivity index (χ4v) is 1.73. The molecule has 0 fully saturated rings. The summed E-state index contributed by atoms with van der Waals surface area (Å²) in [6, 6.07) is 9.74. The van der Waals surface area contributed by atoms with Crippen molar-refractivity contribution >= 4 is 0 Å². The normalized spacial score (nSPS) is 11.7. The molecule has 0 heterocycles. The van der Waals surface area contributed by atoms with Crippen molar-refractivity contribution in [1.29, 1.82) is 0 Å².